The van der Waals surface area contributed by atoms with Gasteiger partial charge in [0.25, 0.3) is 0 Å². The number of carbonyl (C=O) groups is 1. The molecule has 0 radical (unpaired) electrons. The smallest absolute Gasteiger partial charge is 0.529 e. The van der Waals surface area contributed by atoms with Crippen LogP contribution in [-0.4, -0.2) is 23.0 Å². The second-order valence-corrected chi connectivity index (χ2v) is 4.33. The van der Waals surface area contributed by atoms with E-state index in [4.69, 9.17) is 0 Å². The van der Waals surface area contributed by atoms with Gasteiger partial charge >= 0.3 is 6.03 Å². The van der Waals surface area contributed by atoms with Gasteiger partial charge in [-0.15, -0.1) is 4.90 Å². The van der Waals surface area contributed by atoms with E-state index in [1.54, 1.807) is 36.4 Å². The third-order valence-corrected chi connectivity index (χ3v) is 2.95. The van der Waals surface area contributed by atoms with Crippen molar-refractivity contribution in [3.63, 3.8) is 0 Å². The van der Waals surface area contributed by atoms with Crippen LogP contribution in [0.15, 0.2) is 59.7 Å². The zero-order valence-electron chi connectivity index (χ0n) is 10.8. The topological polar surface area (TPSA) is 58.7 Å². The van der Waals surface area contributed by atoms with Crippen LogP contribution in [0.1, 0.15) is 5.56 Å². The highest BCUT2D eigenvalue weighted by molar-refractivity contribution is 6.12. The van der Waals surface area contributed by atoms with Crippen molar-refractivity contribution < 1.29 is 19.0 Å². The number of urea groups is 1. The molecule has 3 rings (SSSR count). The summed E-state index contributed by atoms with van der Waals surface area (Å²) in [4.78, 5) is 13.1. The molecule has 0 aromatic heterocycles. The van der Waals surface area contributed by atoms with Crippen molar-refractivity contribution >= 4 is 24.0 Å². The van der Waals surface area contributed by atoms with Crippen LogP contribution in [0.25, 0.3) is 0 Å². The number of para-hydroxylation sites is 1. The van der Waals surface area contributed by atoms with Gasteiger partial charge in [-0.1, -0.05) is 35.0 Å². The highest BCUT2D eigenvalue weighted by atomic mass is 19.1. The summed E-state index contributed by atoms with van der Waals surface area (Å²) in [6, 6.07) is 13.0. The first-order valence-electron chi connectivity index (χ1n) is 6.20. The third kappa shape index (κ3) is 2.38. The first-order valence-corrected chi connectivity index (χ1v) is 6.20. The summed E-state index contributed by atoms with van der Waals surface area (Å²) in [6.45, 7) is 0. The third-order valence-electron chi connectivity index (χ3n) is 2.95. The number of rotatable bonds is 2. The fourth-order valence-electron chi connectivity index (χ4n) is 1.96. The van der Waals surface area contributed by atoms with E-state index in [1.807, 2.05) is 0 Å². The molecule has 6 heteroatoms. The standard InChI is InChI=1S/C15H10FN3O2/c16-13-9-5-4-6-11(13)10-18-15(21)19(14(20)17-18)12-7-2-1-3-8-12/h1-10H/b18-10-. The summed E-state index contributed by atoms with van der Waals surface area (Å²) in [6.07, 6.45) is 1.19. The number of carbonyl (C=O) groups excluding carboxylic acids is 1. The lowest BCUT2D eigenvalue weighted by Crippen LogP contribution is -2.40. The van der Waals surface area contributed by atoms with Crippen LogP contribution in [0, 0.1) is 5.82 Å². The van der Waals surface area contributed by atoms with E-state index >= 15 is 0 Å². The lowest BCUT2D eigenvalue weighted by Gasteiger charge is -2.10. The van der Waals surface area contributed by atoms with Gasteiger partial charge in [-0.3, -0.25) is 0 Å². The molecule has 1 aliphatic heterocycles. The highest BCUT2D eigenvalue weighted by Crippen LogP contribution is 2.17. The van der Waals surface area contributed by atoms with Crippen LogP contribution in [0.5, 0.6) is 0 Å². The first-order chi connectivity index (χ1) is 10.2. The Bertz CT molecular complexity index is 757. The molecule has 2 aromatic carbocycles. The van der Waals surface area contributed by atoms with Crippen molar-refractivity contribution in [1.29, 1.82) is 0 Å². The van der Waals surface area contributed by atoms with Gasteiger partial charge in [0.15, 0.2) is 0 Å². The molecule has 0 atom stereocenters. The molecule has 0 unspecified atom stereocenters. The molecule has 0 aliphatic carbocycles. The molecule has 1 aliphatic rings. The molecule has 2 aromatic rings. The largest absolute Gasteiger partial charge is 0.824 e. The Morgan fingerprint density at radius 2 is 1.76 bits per heavy atom. The molecule has 1 heterocycles. The minimum atomic E-state index is -0.709. The molecule has 104 valence electrons. The highest BCUT2D eigenvalue weighted by Gasteiger charge is 2.36. The summed E-state index contributed by atoms with van der Waals surface area (Å²) in [5, 5.41) is 15.5. The average molecular weight is 283 g/mol. The maximum Gasteiger partial charge on any atom is 0.529 e. The van der Waals surface area contributed by atoms with Crippen molar-refractivity contribution in [2.24, 2.45) is 5.10 Å². The Morgan fingerprint density at radius 3 is 2.48 bits per heavy atom. The molecular formula is C15H10FN3O2. The van der Waals surface area contributed by atoms with Gasteiger partial charge in [-0.25, -0.2) is 4.39 Å². The number of benzene rings is 2. The van der Waals surface area contributed by atoms with Gasteiger partial charge in [-0.2, -0.15) is 4.79 Å². The van der Waals surface area contributed by atoms with Crippen molar-refractivity contribution in [2.45, 2.75) is 0 Å². The van der Waals surface area contributed by atoms with Crippen molar-refractivity contribution in [1.82, 2.24) is 0 Å². The monoisotopic (exact) mass is 283 g/mol. The van der Waals surface area contributed by atoms with Crippen LogP contribution in [-0.2, 0) is 0 Å². The summed E-state index contributed by atoms with van der Waals surface area (Å²) in [5.74, 6) is -0.494. The minimum absolute atomic E-state index is 0.178. The van der Waals surface area contributed by atoms with E-state index in [0.717, 1.165) is 9.58 Å². The lowest BCUT2D eigenvalue weighted by molar-refractivity contribution is -0.422. The molecular weight excluding hydrogens is 273 g/mol. The predicted molar refractivity (Wildman–Crippen MR) is 73.6 cm³/mol. The first kappa shape index (κ1) is 13.0. The Labute approximate surface area is 119 Å². The number of hydrazone groups is 1. The summed E-state index contributed by atoms with van der Waals surface area (Å²) in [7, 11) is 0. The fourth-order valence-corrected chi connectivity index (χ4v) is 1.96. The van der Waals surface area contributed by atoms with E-state index in [1.165, 1.54) is 24.4 Å². The zero-order chi connectivity index (χ0) is 14.8. The normalized spacial score (nSPS) is 16.4. The molecule has 21 heavy (non-hydrogen) atoms. The Hall–Kier alpha value is -3.02. The molecule has 2 amide bonds. The van der Waals surface area contributed by atoms with Gasteiger partial charge in [-0.05, 0) is 29.4 Å². The fraction of sp³-hybridized carbons (Fsp3) is 0. The second-order valence-electron chi connectivity index (χ2n) is 4.33. The summed E-state index contributed by atoms with van der Waals surface area (Å²) in [5.41, 5.74) is 0.595. The van der Waals surface area contributed by atoms with Crippen LogP contribution in [0.2, 0.25) is 0 Å². The Balaban J connectivity index is 1.98. The quantitative estimate of drug-likeness (QED) is 0.785. The molecule has 0 bridgehead atoms. The number of amidine groups is 1. The number of anilines is 1. The van der Waals surface area contributed by atoms with E-state index < -0.39 is 17.9 Å². The van der Waals surface area contributed by atoms with Gasteiger partial charge < -0.3 is 5.11 Å². The van der Waals surface area contributed by atoms with E-state index in [2.05, 4.69) is 5.10 Å². The number of hydrogen-bond donors (Lipinski definition) is 0. The minimum Gasteiger partial charge on any atom is -0.824 e. The number of halogens is 1. The van der Waals surface area contributed by atoms with E-state index in [0.29, 0.717) is 5.69 Å². The maximum absolute atomic E-state index is 13.6. The number of hydrogen-bond acceptors (Lipinski definition) is 3. The van der Waals surface area contributed by atoms with Gasteiger partial charge in [0.2, 0.25) is 6.02 Å². The van der Waals surface area contributed by atoms with Crippen LogP contribution < -0.4 is 10.0 Å². The van der Waals surface area contributed by atoms with Gasteiger partial charge in [0.05, 0.1) is 5.56 Å². The van der Waals surface area contributed by atoms with E-state index in [9.17, 15) is 14.3 Å². The Kier molecular flexibility index (Phi) is 3.19. The van der Waals surface area contributed by atoms with Crippen LogP contribution >= 0.6 is 0 Å². The summed E-state index contributed by atoms with van der Waals surface area (Å²) >= 11 is 0. The van der Waals surface area contributed by atoms with E-state index in [-0.39, 0.29) is 5.56 Å². The van der Waals surface area contributed by atoms with Crippen LogP contribution in [0.3, 0.4) is 0 Å². The lowest BCUT2D eigenvalue weighted by atomic mass is 10.2. The van der Waals surface area contributed by atoms with Crippen molar-refractivity contribution in [3.05, 3.63) is 66.0 Å². The molecule has 5 nitrogen and oxygen atoms in total. The van der Waals surface area contributed by atoms with Crippen LogP contribution in [0.4, 0.5) is 14.9 Å². The maximum atomic E-state index is 13.6. The SMILES string of the molecule is O=C1N(c2ccccc2)C([O-])=N/[N+]1=C\c1ccccc1F. The molecule has 0 saturated heterocycles. The van der Waals surface area contributed by atoms with Gasteiger partial charge in [0.1, 0.15) is 17.7 Å². The molecule has 0 spiro atoms. The second kappa shape index (κ2) is 5.16. The van der Waals surface area contributed by atoms with Crippen molar-refractivity contribution in [2.75, 3.05) is 4.90 Å². The molecule has 0 saturated carbocycles. The summed E-state index contributed by atoms with van der Waals surface area (Å²) < 4.78 is 14.4. The zero-order valence-corrected chi connectivity index (χ0v) is 10.8. The molecule has 0 fully saturated rings. The number of nitrogens with zero attached hydrogens (tertiary/aromatic N) is 3. The molecule has 0 N–H and O–H groups in total. The Morgan fingerprint density at radius 1 is 1.10 bits per heavy atom. The average Bonchev–Trinajstić information content (AvgIpc) is 2.77. The van der Waals surface area contributed by atoms with Gasteiger partial charge in [0, 0.05) is 0 Å². The van der Waals surface area contributed by atoms with Crippen molar-refractivity contribution in [3.8, 4) is 0 Å². The number of amides is 2. The predicted octanol–water partition coefficient (Wildman–Crippen LogP) is 1.53.